The molecule has 0 saturated heterocycles. The Balaban J connectivity index is 1.94. The minimum absolute atomic E-state index is 0.0505. The molecule has 9 heteroatoms. The number of pyridine rings is 2. The van der Waals surface area contributed by atoms with Gasteiger partial charge in [0.15, 0.2) is 11.6 Å². The van der Waals surface area contributed by atoms with Crippen LogP contribution in [0.4, 0.5) is 20.3 Å². The molecule has 3 N–H and O–H groups in total. The van der Waals surface area contributed by atoms with Crippen LogP contribution in [0.2, 0.25) is 0 Å². The van der Waals surface area contributed by atoms with E-state index in [9.17, 15) is 14.3 Å². The fourth-order valence-electron chi connectivity index (χ4n) is 3.04. The van der Waals surface area contributed by atoms with E-state index in [0.717, 1.165) is 12.8 Å². The van der Waals surface area contributed by atoms with Crippen molar-refractivity contribution in [3.05, 3.63) is 64.6 Å². The molecule has 4 rings (SSSR count). The standard InChI is InChI=1S/C19H16F2N4O2S/c1-9(26)11-8-25(10-5-6-10)17-13(18(11)27)19(28)15(21)16(14(17)20)24-23-12-4-2-3-7-22-12/h2-4,7-8,10,24,26,28H,1,5-6H2,(H,22,23). The van der Waals surface area contributed by atoms with Crippen LogP contribution in [0.5, 0.6) is 0 Å². The SMILES string of the molecule is C=C(O)c1cn(C2CC2)c2c(F)c(NNc3ccccn3)c(F)c(S)c2c1=O. The van der Waals surface area contributed by atoms with Gasteiger partial charge in [0.1, 0.15) is 17.3 Å². The summed E-state index contributed by atoms with van der Waals surface area (Å²) in [5.41, 5.74) is 3.71. The highest BCUT2D eigenvalue weighted by molar-refractivity contribution is 7.80. The van der Waals surface area contributed by atoms with Gasteiger partial charge in [-0.05, 0) is 25.0 Å². The number of fused-ring (bicyclic) bond motifs is 1. The number of rotatable bonds is 5. The molecular formula is C19H16F2N4O2S. The molecule has 0 bridgehead atoms. The number of nitrogens with one attached hydrogen (secondary N) is 2. The Morgan fingerprint density at radius 3 is 2.64 bits per heavy atom. The van der Waals surface area contributed by atoms with Gasteiger partial charge in [-0.1, -0.05) is 12.6 Å². The molecule has 1 aliphatic rings. The van der Waals surface area contributed by atoms with Gasteiger partial charge in [-0.3, -0.25) is 15.6 Å². The molecule has 2 aromatic heterocycles. The molecule has 1 saturated carbocycles. The number of aliphatic hydroxyl groups is 1. The summed E-state index contributed by atoms with van der Waals surface area (Å²) in [5.74, 6) is -2.08. The molecule has 144 valence electrons. The predicted molar refractivity (Wildman–Crippen MR) is 107 cm³/mol. The van der Waals surface area contributed by atoms with Crippen molar-refractivity contribution in [2.24, 2.45) is 0 Å². The fraction of sp³-hybridized carbons (Fsp3) is 0.158. The monoisotopic (exact) mass is 402 g/mol. The summed E-state index contributed by atoms with van der Waals surface area (Å²) in [5, 5.41) is 9.50. The van der Waals surface area contributed by atoms with Crippen LogP contribution in [0.15, 0.2) is 46.9 Å². The van der Waals surface area contributed by atoms with Crippen molar-refractivity contribution in [3.8, 4) is 0 Å². The number of halogens is 2. The number of hydrogen-bond donors (Lipinski definition) is 4. The van der Waals surface area contributed by atoms with Crippen molar-refractivity contribution >= 4 is 40.8 Å². The molecule has 1 aliphatic carbocycles. The predicted octanol–water partition coefficient (Wildman–Crippen LogP) is 4.27. The molecular weight excluding hydrogens is 386 g/mol. The van der Waals surface area contributed by atoms with E-state index < -0.39 is 28.5 Å². The summed E-state index contributed by atoms with van der Waals surface area (Å²) in [6.07, 6.45) is 4.44. The summed E-state index contributed by atoms with van der Waals surface area (Å²) in [6.45, 7) is 3.37. The third-order valence-electron chi connectivity index (χ3n) is 4.56. The van der Waals surface area contributed by atoms with E-state index in [2.05, 4.69) is 35.0 Å². The fourth-order valence-corrected chi connectivity index (χ4v) is 3.36. The summed E-state index contributed by atoms with van der Waals surface area (Å²) in [7, 11) is 0. The van der Waals surface area contributed by atoms with Gasteiger partial charge in [0.05, 0.1) is 21.4 Å². The number of benzene rings is 1. The number of aromatic nitrogens is 2. The van der Waals surface area contributed by atoms with Crippen LogP contribution in [0.25, 0.3) is 16.7 Å². The molecule has 3 aromatic rings. The lowest BCUT2D eigenvalue weighted by atomic mass is 10.1. The van der Waals surface area contributed by atoms with Crippen molar-refractivity contribution in [1.29, 1.82) is 0 Å². The normalized spacial score (nSPS) is 13.5. The third-order valence-corrected chi connectivity index (χ3v) is 4.98. The molecule has 0 amide bonds. The molecule has 1 aromatic carbocycles. The summed E-state index contributed by atoms with van der Waals surface area (Å²) in [4.78, 5) is 16.4. The number of anilines is 2. The smallest absolute Gasteiger partial charge is 0.201 e. The lowest BCUT2D eigenvalue weighted by molar-refractivity contribution is 0.511. The Kier molecular flexibility index (Phi) is 4.46. The van der Waals surface area contributed by atoms with Crippen LogP contribution in [0.1, 0.15) is 24.4 Å². The van der Waals surface area contributed by atoms with Crippen LogP contribution >= 0.6 is 12.6 Å². The average Bonchev–Trinajstić information content (AvgIpc) is 3.51. The first-order valence-corrected chi connectivity index (χ1v) is 8.95. The maximum absolute atomic E-state index is 15.3. The van der Waals surface area contributed by atoms with Gasteiger partial charge in [0.2, 0.25) is 5.43 Å². The molecule has 1 fully saturated rings. The lowest BCUT2D eigenvalue weighted by Gasteiger charge is -2.18. The largest absolute Gasteiger partial charge is 0.508 e. The maximum Gasteiger partial charge on any atom is 0.201 e. The van der Waals surface area contributed by atoms with E-state index >= 15 is 4.39 Å². The third kappa shape index (κ3) is 2.97. The first kappa shape index (κ1) is 18.3. The highest BCUT2D eigenvalue weighted by Crippen LogP contribution is 2.41. The van der Waals surface area contributed by atoms with Crippen molar-refractivity contribution in [2.75, 3.05) is 10.9 Å². The molecule has 0 aliphatic heterocycles. The molecule has 0 spiro atoms. The first-order chi connectivity index (χ1) is 13.4. The summed E-state index contributed by atoms with van der Waals surface area (Å²) < 4.78 is 31.8. The van der Waals surface area contributed by atoms with Gasteiger partial charge in [-0.25, -0.2) is 13.8 Å². The second-order valence-electron chi connectivity index (χ2n) is 6.50. The summed E-state index contributed by atoms with van der Waals surface area (Å²) in [6, 6.07) is 4.98. The van der Waals surface area contributed by atoms with Gasteiger partial charge < -0.3 is 9.67 Å². The Bertz CT molecular complexity index is 1160. The topological polar surface area (TPSA) is 79.2 Å². The Hall–Kier alpha value is -3.07. The average molecular weight is 402 g/mol. The second kappa shape index (κ2) is 6.83. The Morgan fingerprint density at radius 1 is 1.29 bits per heavy atom. The maximum atomic E-state index is 15.3. The van der Waals surface area contributed by atoms with Crippen LogP contribution in [0, 0.1) is 11.6 Å². The van der Waals surface area contributed by atoms with Crippen LogP contribution in [-0.4, -0.2) is 14.7 Å². The molecule has 2 heterocycles. The van der Waals surface area contributed by atoms with E-state index in [1.165, 1.54) is 17.0 Å². The molecule has 0 radical (unpaired) electrons. The molecule has 28 heavy (non-hydrogen) atoms. The number of thiol groups is 1. The molecule has 0 unspecified atom stereocenters. The zero-order chi connectivity index (χ0) is 20.0. The zero-order valence-electron chi connectivity index (χ0n) is 14.5. The second-order valence-corrected chi connectivity index (χ2v) is 6.94. The van der Waals surface area contributed by atoms with Gasteiger partial charge in [-0.2, -0.15) is 0 Å². The minimum atomic E-state index is -1.03. The van der Waals surface area contributed by atoms with E-state index in [1.54, 1.807) is 18.2 Å². The van der Waals surface area contributed by atoms with E-state index in [4.69, 9.17) is 0 Å². The number of hydrogen-bond acceptors (Lipinski definition) is 6. The quantitative estimate of drug-likeness (QED) is 0.291. The van der Waals surface area contributed by atoms with Crippen LogP contribution < -0.4 is 16.3 Å². The van der Waals surface area contributed by atoms with E-state index in [0.29, 0.717) is 5.82 Å². The van der Waals surface area contributed by atoms with Gasteiger partial charge >= 0.3 is 0 Å². The van der Waals surface area contributed by atoms with Gasteiger partial charge in [-0.15, -0.1) is 12.6 Å². The molecule has 6 nitrogen and oxygen atoms in total. The van der Waals surface area contributed by atoms with Crippen molar-refractivity contribution in [3.63, 3.8) is 0 Å². The van der Waals surface area contributed by atoms with Crippen molar-refractivity contribution in [2.45, 2.75) is 23.8 Å². The summed E-state index contributed by atoms with van der Waals surface area (Å²) >= 11 is 4.13. The number of hydrazine groups is 1. The Morgan fingerprint density at radius 2 is 2.04 bits per heavy atom. The first-order valence-electron chi connectivity index (χ1n) is 8.50. The van der Waals surface area contributed by atoms with E-state index in [1.807, 2.05) is 0 Å². The van der Waals surface area contributed by atoms with E-state index in [-0.39, 0.29) is 27.4 Å². The highest BCUT2D eigenvalue weighted by atomic mass is 32.1. The zero-order valence-corrected chi connectivity index (χ0v) is 15.4. The highest BCUT2D eigenvalue weighted by Gasteiger charge is 2.30. The van der Waals surface area contributed by atoms with Crippen molar-refractivity contribution in [1.82, 2.24) is 9.55 Å². The minimum Gasteiger partial charge on any atom is -0.508 e. The van der Waals surface area contributed by atoms with Crippen LogP contribution in [-0.2, 0) is 0 Å². The number of aliphatic hydroxyl groups excluding tert-OH is 1. The Labute approximate surface area is 163 Å². The van der Waals surface area contributed by atoms with Crippen LogP contribution in [0.3, 0.4) is 0 Å². The number of nitrogens with zero attached hydrogens (tertiary/aromatic N) is 2. The van der Waals surface area contributed by atoms with Gasteiger partial charge in [0, 0.05) is 18.4 Å². The van der Waals surface area contributed by atoms with Gasteiger partial charge in [0.25, 0.3) is 0 Å². The van der Waals surface area contributed by atoms with Crippen molar-refractivity contribution < 1.29 is 13.9 Å². The lowest BCUT2D eigenvalue weighted by Crippen LogP contribution is -2.19. The molecule has 0 atom stereocenters.